The van der Waals surface area contributed by atoms with Crippen LogP contribution in [0.1, 0.15) is 51.4 Å². The van der Waals surface area contributed by atoms with Crippen LogP contribution in [0.3, 0.4) is 0 Å². The van der Waals surface area contributed by atoms with Crippen LogP contribution in [0.15, 0.2) is 0 Å². The van der Waals surface area contributed by atoms with E-state index >= 15 is 0 Å². The van der Waals surface area contributed by atoms with E-state index in [1.807, 2.05) is 0 Å². The molecular weight excluding hydrogens is 392 g/mol. The predicted molar refractivity (Wildman–Crippen MR) is 86.0 cm³/mol. The zero-order chi connectivity index (χ0) is 20.0. The van der Waals surface area contributed by atoms with Gasteiger partial charge in [0.25, 0.3) is 0 Å². The van der Waals surface area contributed by atoms with E-state index in [9.17, 15) is 35.6 Å². The number of thiol groups is 1. The Balaban J connectivity index is 1.46. The molecule has 0 spiro atoms. The Morgan fingerprint density at radius 1 is 1.07 bits per heavy atom. The van der Waals surface area contributed by atoms with Crippen LogP contribution in [0.25, 0.3) is 0 Å². The highest BCUT2D eigenvalue weighted by molar-refractivity contribution is 7.73. The van der Waals surface area contributed by atoms with Crippen LogP contribution in [-0.2, 0) is 25.0 Å². The van der Waals surface area contributed by atoms with Crippen molar-refractivity contribution in [3.63, 3.8) is 0 Å². The lowest BCUT2D eigenvalue weighted by Gasteiger charge is -2.53. The highest BCUT2D eigenvalue weighted by Gasteiger charge is 2.60. The predicted octanol–water partition coefficient (Wildman–Crippen LogP) is 2.93. The van der Waals surface area contributed by atoms with Crippen molar-refractivity contribution < 1.29 is 40.3 Å². The molecule has 27 heavy (non-hydrogen) atoms. The summed E-state index contributed by atoms with van der Waals surface area (Å²) in [5, 5.41) is -5.09. The summed E-state index contributed by atoms with van der Waals surface area (Å²) >= 11 is 0. The number of halogens is 4. The van der Waals surface area contributed by atoms with E-state index in [0.717, 1.165) is 12.8 Å². The minimum absolute atomic E-state index is 0.0711. The summed E-state index contributed by atoms with van der Waals surface area (Å²) in [6.07, 6.45) is 1.46. The summed E-state index contributed by atoms with van der Waals surface area (Å²) in [5.74, 6) is -4.73. The summed E-state index contributed by atoms with van der Waals surface area (Å²) in [6, 6.07) is 0. The van der Waals surface area contributed by atoms with E-state index < -0.39 is 46.1 Å². The van der Waals surface area contributed by atoms with Crippen LogP contribution >= 0.6 is 0 Å². The average molecular weight is 414 g/mol. The third kappa shape index (κ3) is 3.61. The lowest BCUT2D eigenvalue weighted by molar-refractivity contribution is -0.175. The van der Waals surface area contributed by atoms with Crippen molar-refractivity contribution in [3.8, 4) is 0 Å². The molecule has 4 bridgehead atoms. The number of Topliss-reactive ketones (excluding diaryl/α,β-unsaturated/α-hetero) is 1. The molecule has 0 amide bonds. The first-order valence-electron chi connectivity index (χ1n) is 9.10. The molecule has 4 saturated carbocycles. The number of esters is 1. The van der Waals surface area contributed by atoms with Gasteiger partial charge in [-0.2, -0.15) is 17.6 Å². The van der Waals surface area contributed by atoms with Gasteiger partial charge in [-0.05, 0) is 50.9 Å². The summed E-state index contributed by atoms with van der Waals surface area (Å²) in [5.41, 5.74) is -0.678. The monoisotopic (exact) mass is 414 g/mol. The van der Waals surface area contributed by atoms with Gasteiger partial charge in [0.15, 0.2) is 0 Å². The van der Waals surface area contributed by atoms with Crippen molar-refractivity contribution in [1.82, 2.24) is 0 Å². The molecule has 0 aliphatic heterocycles. The van der Waals surface area contributed by atoms with E-state index in [2.05, 4.69) is 0 Å². The molecule has 154 valence electrons. The number of carbonyl (C=O) groups excluding carboxylic acids is 2. The Morgan fingerprint density at radius 2 is 1.67 bits per heavy atom. The molecule has 4 aliphatic carbocycles. The summed E-state index contributed by atoms with van der Waals surface area (Å²) < 4.78 is 78.3. The Kier molecular flexibility index (Phi) is 5.33. The van der Waals surface area contributed by atoms with Gasteiger partial charge >= 0.3 is 17.1 Å². The number of ether oxygens (including phenoxy) is 1. The molecule has 2 atom stereocenters. The maximum absolute atomic E-state index is 13.3. The van der Waals surface area contributed by atoms with E-state index in [0.29, 0.717) is 25.2 Å². The smallest absolute Gasteiger partial charge is 0.404 e. The largest absolute Gasteiger partial charge is 0.465 e. The molecule has 5 nitrogen and oxygen atoms in total. The molecule has 10 heteroatoms. The van der Waals surface area contributed by atoms with Crippen LogP contribution < -0.4 is 0 Å². The fraction of sp³-hybridized carbons (Fsp3) is 0.882. The summed E-state index contributed by atoms with van der Waals surface area (Å²) in [6.45, 7) is -0.195. The van der Waals surface area contributed by atoms with Gasteiger partial charge in [0.2, 0.25) is 10.7 Å². The van der Waals surface area contributed by atoms with Gasteiger partial charge in [-0.15, -0.1) is 0 Å². The quantitative estimate of drug-likeness (QED) is 0.286. The molecule has 0 saturated heterocycles. The van der Waals surface area contributed by atoms with Gasteiger partial charge in [0.1, 0.15) is 5.78 Å². The Labute approximate surface area is 155 Å². The summed E-state index contributed by atoms with van der Waals surface area (Å²) in [7, 11) is -4.58. The Morgan fingerprint density at radius 3 is 2.22 bits per heavy atom. The standard InChI is InChI=1S/C17H22F4O5S/c18-16(19,17(20,21)27(24)25)3-1-2-4-26-14(23)15-7-10-5-11(8-15)13(22)12(6-10)9-15/h10-12,27H,1-9H2. The number of alkyl halides is 4. The first kappa shape index (κ1) is 20.5. The molecule has 4 aliphatic rings. The van der Waals surface area contributed by atoms with Crippen molar-refractivity contribution in [2.24, 2.45) is 23.2 Å². The minimum Gasteiger partial charge on any atom is -0.465 e. The van der Waals surface area contributed by atoms with Crippen LogP contribution in [0.4, 0.5) is 17.6 Å². The second kappa shape index (κ2) is 7.00. The molecule has 4 rings (SSSR count). The second-order valence-corrected chi connectivity index (χ2v) is 9.20. The maximum atomic E-state index is 13.3. The topological polar surface area (TPSA) is 77.5 Å². The van der Waals surface area contributed by atoms with Gasteiger partial charge in [-0.25, -0.2) is 8.42 Å². The molecule has 4 fully saturated rings. The van der Waals surface area contributed by atoms with E-state index in [1.165, 1.54) is 0 Å². The molecule has 0 aromatic carbocycles. The van der Waals surface area contributed by atoms with Gasteiger partial charge in [-0.3, -0.25) is 9.59 Å². The molecule has 2 unspecified atom stereocenters. The first-order chi connectivity index (χ1) is 12.5. The third-order valence-electron chi connectivity index (χ3n) is 6.21. The van der Waals surface area contributed by atoms with Crippen LogP contribution in [0.2, 0.25) is 0 Å². The first-order valence-corrected chi connectivity index (χ1v) is 10.3. The van der Waals surface area contributed by atoms with Crippen molar-refractivity contribution in [3.05, 3.63) is 0 Å². The number of hydrogen-bond acceptors (Lipinski definition) is 5. The van der Waals surface area contributed by atoms with E-state index in [-0.39, 0.29) is 30.6 Å². The second-order valence-electron chi connectivity index (χ2n) is 8.12. The Bertz CT molecular complexity index is 679. The normalized spacial score (nSPS) is 32.9. The Hall–Kier alpha value is -1.19. The zero-order valence-corrected chi connectivity index (χ0v) is 15.5. The molecule has 0 radical (unpaired) electrons. The van der Waals surface area contributed by atoms with Gasteiger partial charge in [-0.1, -0.05) is 0 Å². The van der Waals surface area contributed by atoms with Gasteiger partial charge in [0, 0.05) is 18.3 Å². The number of ketones is 1. The van der Waals surface area contributed by atoms with E-state index in [4.69, 9.17) is 4.74 Å². The minimum atomic E-state index is -5.09. The maximum Gasteiger partial charge on any atom is 0.404 e. The highest BCUT2D eigenvalue weighted by atomic mass is 32.2. The van der Waals surface area contributed by atoms with Gasteiger partial charge in [0.05, 0.1) is 12.0 Å². The molecule has 0 aromatic rings. The molecule has 0 N–H and O–H groups in total. The number of hydrogen-bond donors (Lipinski definition) is 1. The van der Waals surface area contributed by atoms with Crippen molar-refractivity contribution in [2.45, 2.75) is 62.5 Å². The third-order valence-corrected chi connectivity index (χ3v) is 7.00. The van der Waals surface area contributed by atoms with Gasteiger partial charge < -0.3 is 4.74 Å². The highest BCUT2D eigenvalue weighted by Crippen LogP contribution is 2.59. The summed E-state index contributed by atoms with van der Waals surface area (Å²) in [4.78, 5) is 24.7. The van der Waals surface area contributed by atoms with Crippen molar-refractivity contribution in [1.29, 1.82) is 0 Å². The van der Waals surface area contributed by atoms with Crippen LogP contribution in [-0.4, -0.2) is 38.0 Å². The van der Waals surface area contributed by atoms with Crippen molar-refractivity contribution in [2.75, 3.05) is 6.61 Å². The lowest BCUT2D eigenvalue weighted by atomic mass is 9.49. The zero-order valence-electron chi connectivity index (χ0n) is 14.6. The SMILES string of the molecule is O=C1C2CC3CC1CC(C(=O)OCCCCC(F)(F)C(F)(F)[SH](=O)=O)(C3)C2. The molecule has 0 aromatic heterocycles. The number of rotatable bonds is 8. The van der Waals surface area contributed by atoms with Crippen LogP contribution in [0.5, 0.6) is 0 Å². The molecular formula is C17H22F4O5S. The number of unbranched alkanes of at least 4 members (excludes halogenated alkanes) is 1. The van der Waals surface area contributed by atoms with Crippen LogP contribution in [0, 0.1) is 23.2 Å². The lowest BCUT2D eigenvalue weighted by Crippen LogP contribution is -2.54. The number of carbonyl (C=O) groups is 2. The van der Waals surface area contributed by atoms with Crippen molar-refractivity contribution >= 4 is 22.5 Å². The van der Waals surface area contributed by atoms with E-state index in [1.54, 1.807) is 0 Å². The average Bonchev–Trinajstić information content (AvgIpc) is 2.57. The molecule has 0 heterocycles. The fourth-order valence-electron chi connectivity index (χ4n) is 5.05. The fourth-order valence-corrected chi connectivity index (χ4v) is 5.43.